The van der Waals surface area contributed by atoms with E-state index >= 15 is 0 Å². The van der Waals surface area contributed by atoms with Crippen molar-refractivity contribution in [3.63, 3.8) is 0 Å². The van der Waals surface area contributed by atoms with E-state index in [0.29, 0.717) is 25.9 Å². The van der Waals surface area contributed by atoms with Gasteiger partial charge >= 0.3 is 12.1 Å². The number of nitrogens with one attached hydrogen (secondary N) is 1. The van der Waals surface area contributed by atoms with Crippen LogP contribution in [0.25, 0.3) is 0 Å². The molecule has 0 aromatic carbocycles. The summed E-state index contributed by atoms with van der Waals surface area (Å²) in [6, 6.07) is 0.0473. The lowest BCUT2D eigenvalue weighted by molar-refractivity contribution is -0.142. The topological polar surface area (TPSA) is 84.9 Å². The highest BCUT2D eigenvalue weighted by atomic mass is 16.5. The Balaban J connectivity index is 2.23. The van der Waals surface area contributed by atoms with E-state index in [-0.39, 0.29) is 30.9 Å². The number of hydrogen-bond acceptors (Lipinski definition) is 5. The van der Waals surface area contributed by atoms with E-state index in [1.165, 1.54) is 14.2 Å². The third-order valence-electron chi connectivity index (χ3n) is 3.08. The summed E-state index contributed by atoms with van der Waals surface area (Å²) in [5.74, 6) is -0.558. The van der Waals surface area contributed by atoms with Crippen molar-refractivity contribution in [2.24, 2.45) is 0 Å². The van der Waals surface area contributed by atoms with Crippen molar-refractivity contribution >= 4 is 18.0 Å². The molecule has 0 radical (unpaired) electrons. The number of hydrogen-bond donors (Lipinski definition) is 1. The van der Waals surface area contributed by atoms with Crippen molar-refractivity contribution in [3.8, 4) is 0 Å². The molecule has 1 heterocycles. The van der Waals surface area contributed by atoms with Gasteiger partial charge in [0.2, 0.25) is 5.91 Å². The van der Waals surface area contributed by atoms with Crippen LogP contribution in [0.4, 0.5) is 4.79 Å². The fraction of sp³-hybridized carbons (Fsp3) is 0.750. The highest BCUT2D eigenvalue weighted by Gasteiger charge is 2.24. The molecular weight excluding hydrogens is 252 g/mol. The number of rotatable bonds is 4. The van der Waals surface area contributed by atoms with Crippen LogP contribution in [-0.4, -0.2) is 56.2 Å². The minimum absolute atomic E-state index is 0.0473. The van der Waals surface area contributed by atoms with E-state index in [9.17, 15) is 14.4 Å². The van der Waals surface area contributed by atoms with Crippen molar-refractivity contribution in [3.05, 3.63) is 0 Å². The van der Waals surface area contributed by atoms with Gasteiger partial charge in [-0.1, -0.05) is 0 Å². The van der Waals surface area contributed by atoms with Crippen LogP contribution in [0.3, 0.4) is 0 Å². The van der Waals surface area contributed by atoms with Gasteiger partial charge in [0.1, 0.15) is 0 Å². The van der Waals surface area contributed by atoms with E-state index in [2.05, 4.69) is 14.8 Å². The summed E-state index contributed by atoms with van der Waals surface area (Å²) < 4.78 is 9.10. The van der Waals surface area contributed by atoms with Gasteiger partial charge in [-0.25, -0.2) is 4.79 Å². The number of methoxy groups -OCH3 is 2. The highest BCUT2D eigenvalue weighted by Crippen LogP contribution is 2.11. The minimum atomic E-state index is -0.393. The predicted molar refractivity (Wildman–Crippen MR) is 66.4 cm³/mol. The molecule has 108 valence electrons. The number of nitrogens with zero attached hydrogens (tertiary/aromatic N) is 1. The molecule has 0 bridgehead atoms. The van der Waals surface area contributed by atoms with Crippen LogP contribution >= 0.6 is 0 Å². The molecule has 2 amide bonds. The first-order valence-electron chi connectivity index (χ1n) is 6.26. The van der Waals surface area contributed by atoms with Gasteiger partial charge in [0.05, 0.1) is 20.6 Å². The van der Waals surface area contributed by atoms with Gasteiger partial charge in [-0.15, -0.1) is 0 Å². The van der Waals surface area contributed by atoms with Crippen LogP contribution < -0.4 is 5.32 Å². The van der Waals surface area contributed by atoms with E-state index in [1.807, 2.05) is 0 Å². The lowest BCUT2D eigenvalue weighted by Gasteiger charge is -2.31. The first-order chi connectivity index (χ1) is 9.06. The van der Waals surface area contributed by atoms with E-state index in [4.69, 9.17) is 0 Å². The number of amides is 2. The number of likely N-dealkylation sites (tertiary alicyclic amines) is 1. The molecular formula is C12H20N2O5. The summed E-state index contributed by atoms with van der Waals surface area (Å²) in [5, 5.41) is 2.85. The molecule has 0 aromatic rings. The SMILES string of the molecule is COC(=O)CCC(=O)NC1CCN(C(=O)OC)CC1. The normalized spacial score (nSPS) is 15.8. The van der Waals surface area contributed by atoms with Crippen LogP contribution in [0.15, 0.2) is 0 Å². The molecule has 19 heavy (non-hydrogen) atoms. The number of piperidine rings is 1. The Hall–Kier alpha value is -1.79. The minimum Gasteiger partial charge on any atom is -0.469 e. The molecule has 1 N–H and O–H groups in total. The summed E-state index contributed by atoms with van der Waals surface area (Å²) in [4.78, 5) is 35.4. The molecule has 0 atom stereocenters. The van der Waals surface area contributed by atoms with Gasteiger partial charge in [0.25, 0.3) is 0 Å². The molecule has 0 aliphatic carbocycles. The second-order valence-electron chi connectivity index (χ2n) is 4.38. The van der Waals surface area contributed by atoms with Crippen LogP contribution in [0, 0.1) is 0 Å². The zero-order valence-electron chi connectivity index (χ0n) is 11.3. The molecule has 0 aromatic heterocycles. The standard InChI is InChI=1S/C12H20N2O5/c1-18-11(16)4-3-10(15)13-9-5-7-14(8-6-9)12(17)19-2/h9H,3-8H2,1-2H3,(H,13,15). The third-order valence-corrected chi connectivity index (χ3v) is 3.08. The lowest BCUT2D eigenvalue weighted by atomic mass is 10.1. The molecule has 0 unspecified atom stereocenters. The van der Waals surface area contributed by atoms with Crippen molar-refractivity contribution in [1.82, 2.24) is 10.2 Å². The van der Waals surface area contributed by atoms with Crippen LogP contribution in [0.5, 0.6) is 0 Å². The summed E-state index contributed by atoms with van der Waals surface area (Å²) in [6.07, 6.45) is 1.27. The maximum Gasteiger partial charge on any atom is 0.409 e. The van der Waals surface area contributed by atoms with Crippen LogP contribution in [-0.2, 0) is 19.1 Å². The Morgan fingerprint density at radius 2 is 1.74 bits per heavy atom. The molecule has 7 nitrogen and oxygen atoms in total. The second-order valence-corrected chi connectivity index (χ2v) is 4.38. The monoisotopic (exact) mass is 272 g/mol. The van der Waals surface area contributed by atoms with Gasteiger partial charge in [-0.2, -0.15) is 0 Å². The summed E-state index contributed by atoms with van der Waals surface area (Å²) in [5.41, 5.74) is 0. The Labute approximate surface area is 112 Å². The fourth-order valence-electron chi connectivity index (χ4n) is 1.95. The van der Waals surface area contributed by atoms with Gasteiger partial charge in [-0.3, -0.25) is 9.59 Å². The summed E-state index contributed by atoms with van der Waals surface area (Å²) in [7, 11) is 2.64. The zero-order chi connectivity index (χ0) is 14.3. The summed E-state index contributed by atoms with van der Waals surface area (Å²) >= 11 is 0. The van der Waals surface area contributed by atoms with Gasteiger partial charge in [0.15, 0.2) is 0 Å². The van der Waals surface area contributed by atoms with E-state index in [0.717, 1.165) is 0 Å². The fourth-order valence-corrected chi connectivity index (χ4v) is 1.95. The van der Waals surface area contributed by atoms with Gasteiger partial charge < -0.3 is 19.7 Å². The number of carbonyl (C=O) groups excluding carboxylic acids is 3. The Morgan fingerprint density at radius 1 is 1.11 bits per heavy atom. The lowest BCUT2D eigenvalue weighted by Crippen LogP contribution is -2.46. The smallest absolute Gasteiger partial charge is 0.409 e. The molecule has 0 saturated carbocycles. The number of esters is 1. The maximum atomic E-state index is 11.6. The maximum absolute atomic E-state index is 11.6. The largest absolute Gasteiger partial charge is 0.469 e. The Bertz CT molecular complexity index is 337. The average Bonchev–Trinajstić information content (AvgIpc) is 2.44. The predicted octanol–water partition coefficient (Wildman–Crippen LogP) is 0.287. The van der Waals surface area contributed by atoms with Crippen LogP contribution in [0.1, 0.15) is 25.7 Å². The Morgan fingerprint density at radius 3 is 2.26 bits per heavy atom. The van der Waals surface area contributed by atoms with Crippen molar-refractivity contribution in [2.45, 2.75) is 31.7 Å². The van der Waals surface area contributed by atoms with Crippen molar-refractivity contribution in [1.29, 1.82) is 0 Å². The molecule has 1 aliphatic heterocycles. The molecule has 1 saturated heterocycles. The molecule has 1 fully saturated rings. The van der Waals surface area contributed by atoms with Crippen molar-refractivity contribution < 1.29 is 23.9 Å². The number of carbonyl (C=O) groups is 3. The first-order valence-corrected chi connectivity index (χ1v) is 6.26. The first kappa shape index (κ1) is 15.3. The molecule has 7 heteroatoms. The molecule has 1 rings (SSSR count). The quantitative estimate of drug-likeness (QED) is 0.743. The van der Waals surface area contributed by atoms with E-state index in [1.54, 1.807) is 4.90 Å². The second kappa shape index (κ2) is 7.60. The third kappa shape index (κ3) is 5.15. The summed E-state index contributed by atoms with van der Waals surface area (Å²) in [6.45, 7) is 1.13. The molecule has 1 aliphatic rings. The van der Waals surface area contributed by atoms with Gasteiger partial charge in [0, 0.05) is 25.6 Å². The van der Waals surface area contributed by atoms with E-state index < -0.39 is 5.97 Å². The Kier molecular flexibility index (Phi) is 6.11. The van der Waals surface area contributed by atoms with Crippen LogP contribution in [0.2, 0.25) is 0 Å². The zero-order valence-corrected chi connectivity index (χ0v) is 11.3. The highest BCUT2D eigenvalue weighted by molar-refractivity contribution is 5.81. The van der Waals surface area contributed by atoms with Gasteiger partial charge in [-0.05, 0) is 12.8 Å². The average molecular weight is 272 g/mol. The van der Waals surface area contributed by atoms with Crippen molar-refractivity contribution in [2.75, 3.05) is 27.3 Å². The molecule has 0 spiro atoms. The number of ether oxygens (including phenoxy) is 2.